The molecule has 53 heavy (non-hydrogen) atoms. The van der Waals surface area contributed by atoms with Crippen LogP contribution in [0.2, 0.25) is 0 Å². The molecule has 0 aromatic carbocycles. The number of aliphatic hydroxyl groups is 2. The highest BCUT2D eigenvalue weighted by molar-refractivity contribution is 7.47. The van der Waals surface area contributed by atoms with Crippen LogP contribution in [0.3, 0.4) is 0 Å². The molecule has 0 saturated carbocycles. The third-order valence-corrected chi connectivity index (χ3v) is 10.3. The van der Waals surface area contributed by atoms with Crippen LogP contribution in [0.5, 0.6) is 0 Å². The first kappa shape index (κ1) is 51.9. The topological polar surface area (TPSA) is 132 Å². The molecule has 0 aliphatic heterocycles. The lowest BCUT2D eigenvalue weighted by atomic mass is 10.1. The van der Waals surface area contributed by atoms with Crippen molar-refractivity contribution in [1.29, 1.82) is 0 Å². The fourth-order valence-corrected chi connectivity index (χ4v) is 6.78. The number of carbonyl (C=O) groups excluding carboxylic acids is 1. The summed E-state index contributed by atoms with van der Waals surface area (Å²) in [7, 11) is -4.52. The average Bonchev–Trinajstić information content (AvgIpc) is 3.15. The van der Waals surface area contributed by atoms with Crippen LogP contribution in [0, 0.1) is 0 Å². The molecule has 0 aromatic heterocycles. The van der Waals surface area contributed by atoms with Gasteiger partial charge in [-0.1, -0.05) is 154 Å². The van der Waals surface area contributed by atoms with Gasteiger partial charge in [-0.25, -0.2) is 4.57 Å². The molecule has 0 fully saturated rings. The van der Waals surface area contributed by atoms with E-state index in [-0.39, 0.29) is 19.6 Å². The number of phosphoric acid groups is 1. The Labute approximate surface area is 325 Å². The first-order chi connectivity index (χ1) is 25.8. The fourth-order valence-electron chi connectivity index (χ4n) is 5.99. The lowest BCUT2D eigenvalue weighted by Crippen LogP contribution is -2.29. The van der Waals surface area contributed by atoms with E-state index in [4.69, 9.17) is 23.6 Å². The van der Waals surface area contributed by atoms with Crippen molar-refractivity contribution in [1.82, 2.24) is 0 Å². The molecule has 0 aliphatic rings. The summed E-state index contributed by atoms with van der Waals surface area (Å²) in [5.74, 6) is -0.392. The summed E-state index contributed by atoms with van der Waals surface area (Å²) in [5, 5.41) is 18.3. The van der Waals surface area contributed by atoms with E-state index in [1.165, 1.54) is 116 Å². The van der Waals surface area contributed by atoms with Gasteiger partial charge >= 0.3 is 13.8 Å². The van der Waals surface area contributed by atoms with Gasteiger partial charge in [0.1, 0.15) is 12.2 Å². The number of unbranched alkanes of at least 4 members (excludes halogenated alkanes) is 24. The Bertz CT molecular complexity index is 882. The van der Waals surface area contributed by atoms with Crippen LogP contribution in [0.15, 0.2) is 24.3 Å². The molecule has 9 nitrogen and oxygen atoms in total. The Balaban J connectivity index is 4.18. The number of hydrogen-bond donors (Lipinski definition) is 3. The molecule has 0 amide bonds. The summed E-state index contributed by atoms with van der Waals surface area (Å²) < 4.78 is 33.3. The Morgan fingerprint density at radius 1 is 0.566 bits per heavy atom. The van der Waals surface area contributed by atoms with Gasteiger partial charge in [0.15, 0.2) is 0 Å². The molecule has 0 aliphatic carbocycles. The van der Waals surface area contributed by atoms with Gasteiger partial charge in [0.2, 0.25) is 0 Å². The minimum atomic E-state index is -4.52. The summed E-state index contributed by atoms with van der Waals surface area (Å²) in [5.41, 5.74) is 0. The molecule has 3 unspecified atom stereocenters. The predicted molar refractivity (Wildman–Crippen MR) is 219 cm³/mol. The monoisotopic (exact) mass is 775 g/mol. The van der Waals surface area contributed by atoms with Crippen LogP contribution in [0.1, 0.15) is 200 Å². The lowest BCUT2D eigenvalue weighted by Gasteiger charge is -2.20. The van der Waals surface area contributed by atoms with Crippen molar-refractivity contribution in [2.75, 3.05) is 33.0 Å². The van der Waals surface area contributed by atoms with E-state index in [2.05, 4.69) is 38.2 Å². The number of ether oxygens (including phenoxy) is 2. The van der Waals surface area contributed by atoms with E-state index in [0.717, 1.165) is 64.2 Å². The van der Waals surface area contributed by atoms with E-state index in [1.807, 2.05) is 0 Å². The van der Waals surface area contributed by atoms with Crippen LogP contribution in [-0.4, -0.2) is 66.3 Å². The second-order valence-corrected chi connectivity index (χ2v) is 16.2. The van der Waals surface area contributed by atoms with Crippen LogP contribution in [0.25, 0.3) is 0 Å². The maximum absolute atomic E-state index is 12.6. The number of phosphoric ester groups is 1. The molecule has 0 aromatic rings. The number of allylic oxidation sites excluding steroid dienone is 4. The van der Waals surface area contributed by atoms with Gasteiger partial charge in [0.25, 0.3) is 0 Å². The van der Waals surface area contributed by atoms with Gasteiger partial charge in [0, 0.05) is 13.0 Å². The minimum absolute atomic E-state index is 0.0442. The van der Waals surface area contributed by atoms with Crippen molar-refractivity contribution < 1.29 is 43.0 Å². The molecule has 314 valence electrons. The second-order valence-electron chi connectivity index (χ2n) is 14.7. The maximum atomic E-state index is 12.6. The second kappa shape index (κ2) is 40.6. The summed E-state index contributed by atoms with van der Waals surface area (Å²) in [6.45, 7) is 3.50. The van der Waals surface area contributed by atoms with Crippen LogP contribution >= 0.6 is 7.82 Å². The number of hydrogen-bond acceptors (Lipinski definition) is 8. The zero-order valence-corrected chi connectivity index (χ0v) is 35.1. The molecule has 3 atom stereocenters. The smallest absolute Gasteiger partial charge is 0.457 e. The van der Waals surface area contributed by atoms with Gasteiger partial charge in [-0.15, -0.1) is 0 Å². The molecule has 0 heterocycles. The summed E-state index contributed by atoms with van der Waals surface area (Å²) in [4.78, 5) is 22.6. The van der Waals surface area contributed by atoms with E-state index >= 15 is 0 Å². The van der Waals surface area contributed by atoms with Gasteiger partial charge in [-0.3, -0.25) is 13.8 Å². The van der Waals surface area contributed by atoms with E-state index < -0.39 is 39.2 Å². The van der Waals surface area contributed by atoms with Crippen LogP contribution in [0.4, 0.5) is 0 Å². The summed E-state index contributed by atoms with van der Waals surface area (Å²) in [6.07, 6.45) is 41.3. The molecule has 10 heteroatoms. The minimum Gasteiger partial charge on any atom is -0.457 e. The SMILES string of the molecule is CCCCCCCC/C=C\CCCCCCCC(=O)OC(COCCCCCCCC/C=C\CCCCCCCCC)COP(=O)(O)OCC(O)CO. The Morgan fingerprint density at radius 2 is 0.962 bits per heavy atom. The van der Waals surface area contributed by atoms with E-state index in [9.17, 15) is 19.4 Å². The highest BCUT2D eigenvalue weighted by Crippen LogP contribution is 2.43. The normalized spacial score (nSPS) is 14.3. The zero-order chi connectivity index (χ0) is 38.9. The standard InChI is InChI=1S/C43H83O9P/c1-3-5-7-9-11-13-15-17-19-20-22-24-26-28-30-32-34-36-49-39-42(40-51-53(47,48)50-38-41(45)37-44)52-43(46)35-33-31-29-27-25-23-21-18-16-14-12-10-8-6-4-2/h18-21,41-42,44-45H,3-17,22-40H2,1-2H3,(H,47,48)/b20-19-,21-18-. The number of aliphatic hydroxyl groups excluding tert-OH is 2. The van der Waals surface area contributed by atoms with Crippen LogP contribution in [-0.2, 0) is 27.9 Å². The summed E-state index contributed by atoms with van der Waals surface area (Å²) >= 11 is 0. The molecule has 3 N–H and O–H groups in total. The predicted octanol–water partition coefficient (Wildman–Crippen LogP) is 11.9. The lowest BCUT2D eigenvalue weighted by molar-refractivity contribution is -0.154. The molecule has 0 bridgehead atoms. The average molecular weight is 775 g/mol. The molecule has 0 radical (unpaired) electrons. The van der Waals surface area contributed by atoms with Crippen molar-refractivity contribution in [2.24, 2.45) is 0 Å². The van der Waals surface area contributed by atoms with Crippen molar-refractivity contribution >= 4 is 13.8 Å². The first-order valence-corrected chi connectivity index (χ1v) is 23.3. The molecule has 0 saturated heterocycles. The highest BCUT2D eigenvalue weighted by Gasteiger charge is 2.26. The van der Waals surface area contributed by atoms with Crippen molar-refractivity contribution in [3.8, 4) is 0 Å². The first-order valence-electron chi connectivity index (χ1n) is 21.8. The maximum Gasteiger partial charge on any atom is 0.472 e. The van der Waals surface area contributed by atoms with Crippen LogP contribution < -0.4 is 0 Å². The zero-order valence-electron chi connectivity index (χ0n) is 34.2. The van der Waals surface area contributed by atoms with Crippen molar-refractivity contribution in [3.63, 3.8) is 0 Å². The molecular formula is C43H83O9P. The Kier molecular flexibility index (Phi) is 39.8. The van der Waals surface area contributed by atoms with Gasteiger partial charge in [0.05, 0.1) is 26.4 Å². The van der Waals surface area contributed by atoms with Gasteiger partial charge in [-0.05, 0) is 64.2 Å². The quantitative estimate of drug-likeness (QED) is 0.0240. The largest absolute Gasteiger partial charge is 0.472 e. The van der Waals surface area contributed by atoms with E-state index in [0.29, 0.717) is 6.61 Å². The molecule has 0 spiro atoms. The molecule has 0 rings (SSSR count). The van der Waals surface area contributed by atoms with Crippen molar-refractivity contribution in [2.45, 2.75) is 212 Å². The number of carbonyl (C=O) groups is 1. The number of esters is 1. The fraction of sp³-hybridized carbons (Fsp3) is 0.884. The Hall–Kier alpha value is -1.06. The third-order valence-electron chi connectivity index (χ3n) is 9.36. The van der Waals surface area contributed by atoms with Crippen molar-refractivity contribution in [3.05, 3.63) is 24.3 Å². The van der Waals surface area contributed by atoms with Gasteiger partial charge in [-0.2, -0.15) is 0 Å². The summed E-state index contributed by atoms with van der Waals surface area (Å²) in [6, 6.07) is 0. The third kappa shape index (κ3) is 40.4. The number of rotatable bonds is 42. The molecular weight excluding hydrogens is 691 g/mol. The van der Waals surface area contributed by atoms with Gasteiger partial charge < -0.3 is 24.6 Å². The Morgan fingerprint density at radius 3 is 1.42 bits per heavy atom. The van der Waals surface area contributed by atoms with E-state index in [1.54, 1.807) is 0 Å². The highest BCUT2D eigenvalue weighted by atomic mass is 31.2.